The lowest BCUT2D eigenvalue weighted by Gasteiger charge is -2.33. The molecule has 0 N–H and O–H groups in total. The number of rotatable bonds is 6. The van der Waals surface area contributed by atoms with Gasteiger partial charge < -0.3 is 9.30 Å². The molecule has 0 atom stereocenters. The summed E-state index contributed by atoms with van der Waals surface area (Å²) in [5.74, 6) is 1.05. The molecule has 138 valence electrons. The van der Waals surface area contributed by atoms with Crippen LogP contribution < -0.4 is 4.74 Å². The fraction of sp³-hybridized carbons (Fsp3) is 0.522. The van der Waals surface area contributed by atoms with Gasteiger partial charge in [0.05, 0.1) is 17.4 Å². The van der Waals surface area contributed by atoms with Crippen LogP contribution >= 0.6 is 0 Å². The summed E-state index contributed by atoms with van der Waals surface area (Å²) in [5.41, 5.74) is 3.62. The zero-order chi connectivity index (χ0) is 18.1. The highest BCUT2D eigenvalue weighted by Crippen LogP contribution is 2.43. The van der Waals surface area contributed by atoms with Crippen LogP contribution in [0.25, 0.3) is 21.8 Å². The Kier molecular flexibility index (Phi) is 4.64. The molecule has 4 rings (SSSR count). The van der Waals surface area contributed by atoms with Crippen molar-refractivity contribution >= 4 is 21.8 Å². The number of benzene rings is 2. The van der Waals surface area contributed by atoms with Gasteiger partial charge in [-0.15, -0.1) is 0 Å². The van der Waals surface area contributed by atoms with Crippen LogP contribution in [0.15, 0.2) is 30.6 Å². The topological polar surface area (TPSA) is 27.1 Å². The van der Waals surface area contributed by atoms with Crippen LogP contribution in [0, 0.1) is 0 Å². The number of hydrogen-bond acceptors (Lipinski definition) is 2. The van der Waals surface area contributed by atoms with Crippen molar-refractivity contribution in [2.45, 2.75) is 77.9 Å². The lowest BCUT2D eigenvalue weighted by atomic mass is 9.91. The van der Waals surface area contributed by atoms with E-state index in [2.05, 4.69) is 49.6 Å². The second-order valence-corrected chi connectivity index (χ2v) is 8.26. The third kappa shape index (κ3) is 3.08. The zero-order valence-corrected chi connectivity index (χ0v) is 16.3. The molecule has 0 bridgehead atoms. The van der Waals surface area contributed by atoms with Gasteiger partial charge in [-0.1, -0.05) is 56.9 Å². The SMILES string of the molecule is CCCCCCCn1cnc2c3c(c4ccccc4c21)OC(C)(C)CC3. The quantitative estimate of drug-likeness (QED) is 0.490. The van der Waals surface area contributed by atoms with Gasteiger partial charge in [-0.3, -0.25) is 0 Å². The number of nitrogens with zero attached hydrogens (tertiary/aromatic N) is 2. The molecule has 3 aromatic rings. The molecule has 0 spiro atoms. The summed E-state index contributed by atoms with van der Waals surface area (Å²) in [6.07, 6.45) is 10.6. The van der Waals surface area contributed by atoms with Crippen LogP contribution in [0.5, 0.6) is 5.75 Å². The first-order valence-electron chi connectivity index (χ1n) is 10.2. The van der Waals surface area contributed by atoms with Crippen molar-refractivity contribution in [1.82, 2.24) is 9.55 Å². The molecule has 26 heavy (non-hydrogen) atoms. The normalized spacial score (nSPS) is 16.0. The summed E-state index contributed by atoms with van der Waals surface area (Å²) in [6, 6.07) is 8.66. The van der Waals surface area contributed by atoms with Gasteiger partial charge in [0.15, 0.2) is 0 Å². The predicted molar refractivity (Wildman–Crippen MR) is 109 cm³/mol. The Bertz CT molecular complexity index is 923. The van der Waals surface area contributed by atoms with E-state index in [1.54, 1.807) is 0 Å². The maximum absolute atomic E-state index is 6.43. The van der Waals surface area contributed by atoms with E-state index >= 15 is 0 Å². The van der Waals surface area contributed by atoms with Gasteiger partial charge in [-0.05, 0) is 33.1 Å². The second-order valence-electron chi connectivity index (χ2n) is 8.26. The van der Waals surface area contributed by atoms with Crippen molar-refractivity contribution in [1.29, 1.82) is 0 Å². The Hall–Kier alpha value is -2.03. The highest BCUT2D eigenvalue weighted by molar-refractivity contribution is 6.09. The number of imidazole rings is 1. The van der Waals surface area contributed by atoms with Gasteiger partial charge in [-0.25, -0.2) is 4.98 Å². The van der Waals surface area contributed by atoms with E-state index in [0.717, 1.165) is 30.7 Å². The van der Waals surface area contributed by atoms with Crippen molar-refractivity contribution in [3.63, 3.8) is 0 Å². The molecule has 0 aliphatic carbocycles. The van der Waals surface area contributed by atoms with Gasteiger partial charge in [0.2, 0.25) is 0 Å². The average molecular weight is 351 g/mol. The van der Waals surface area contributed by atoms with E-state index < -0.39 is 0 Å². The third-order valence-electron chi connectivity index (χ3n) is 5.68. The number of ether oxygens (including phenoxy) is 1. The third-order valence-corrected chi connectivity index (χ3v) is 5.68. The molecule has 0 saturated carbocycles. The standard InChI is InChI=1S/C23H30N2O/c1-4-5-6-7-10-15-25-16-24-20-19-13-14-23(2,3)26-22(19)18-12-9-8-11-17(18)21(20)25/h8-9,11-12,16H,4-7,10,13-15H2,1-3H3. The lowest BCUT2D eigenvalue weighted by Crippen LogP contribution is -2.32. The van der Waals surface area contributed by atoms with E-state index in [1.807, 2.05) is 6.33 Å². The summed E-state index contributed by atoms with van der Waals surface area (Å²) < 4.78 is 8.79. The monoisotopic (exact) mass is 350 g/mol. The Balaban J connectivity index is 1.78. The van der Waals surface area contributed by atoms with Gasteiger partial charge in [0.25, 0.3) is 0 Å². The summed E-state index contributed by atoms with van der Waals surface area (Å²) in [6.45, 7) is 7.69. The first-order valence-corrected chi connectivity index (χ1v) is 10.2. The van der Waals surface area contributed by atoms with Crippen LogP contribution in [-0.4, -0.2) is 15.2 Å². The minimum atomic E-state index is -0.106. The van der Waals surface area contributed by atoms with E-state index in [0.29, 0.717) is 0 Å². The highest BCUT2D eigenvalue weighted by Gasteiger charge is 2.30. The van der Waals surface area contributed by atoms with Gasteiger partial charge >= 0.3 is 0 Å². The molecule has 3 nitrogen and oxygen atoms in total. The number of hydrogen-bond donors (Lipinski definition) is 0. The molecule has 1 aliphatic heterocycles. The molecular weight excluding hydrogens is 320 g/mol. The highest BCUT2D eigenvalue weighted by atomic mass is 16.5. The van der Waals surface area contributed by atoms with Crippen molar-refractivity contribution in [3.8, 4) is 5.75 Å². The molecule has 0 unspecified atom stereocenters. The van der Waals surface area contributed by atoms with Gasteiger partial charge in [-0.2, -0.15) is 0 Å². The van der Waals surface area contributed by atoms with E-state index in [9.17, 15) is 0 Å². The van der Waals surface area contributed by atoms with E-state index in [-0.39, 0.29) is 5.60 Å². The average Bonchev–Trinajstić information content (AvgIpc) is 3.05. The molecule has 2 heterocycles. The van der Waals surface area contributed by atoms with Crippen LogP contribution in [0.3, 0.4) is 0 Å². The number of aromatic nitrogens is 2. The first-order chi connectivity index (χ1) is 12.6. The lowest BCUT2D eigenvalue weighted by molar-refractivity contribution is 0.0873. The molecule has 1 aromatic heterocycles. The summed E-state index contributed by atoms with van der Waals surface area (Å²) in [4.78, 5) is 4.83. The van der Waals surface area contributed by atoms with Crippen LogP contribution in [0.1, 0.15) is 64.9 Å². The van der Waals surface area contributed by atoms with Crippen molar-refractivity contribution in [2.24, 2.45) is 0 Å². The molecule has 2 aromatic carbocycles. The second kappa shape index (κ2) is 6.94. The summed E-state index contributed by atoms with van der Waals surface area (Å²) in [7, 11) is 0. The Morgan fingerprint density at radius 3 is 2.65 bits per heavy atom. The maximum atomic E-state index is 6.43. The summed E-state index contributed by atoms with van der Waals surface area (Å²) >= 11 is 0. The zero-order valence-electron chi connectivity index (χ0n) is 16.3. The molecule has 0 fully saturated rings. The summed E-state index contributed by atoms with van der Waals surface area (Å²) in [5, 5.41) is 2.50. The Morgan fingerprint density at radius 2 is 1.85 bits per heavy atom. The van der Waals surface area contributed by atoms with Crippen molar-refractivity contribution in [2.75, 3.05) is 0 Å². The van der Waals surface area contributed by atoms with Crippen LogP contribution in [-0.2, 0) is 13.0 Å². The Labute approximate surface area is 156 Å². The largest absolute Gasteiger partial charge is 0.487 e. The van der Waals surface area contributed by atoms with Gasteiger partial charge in [0.1, 0.15) is 11.4 Å². The molecule has 0 saturated heterocycles. The van der Waals surface area contributed by atoms with E-state index in [4.69, 9.17) is 9.72 Å². The minimum Gasteiger partial charge on any atom is -0.487 e. The molecular formula is C23H30N2O. The smallest absolute Gasteiger partial charge is 0.133 e. The molecule has 0 radical (unpaired) electrons. The minimum absolute atomic E-state index is 0.106. The predicted octanol–water partition coefficient (Wildman–Crippen LogP) is 6.26. The number of fused-ring (bicyclic) bond motifs is 6. The van der Waals surface area contributed by atoms with Crippen LogP contribution in [0.2, 0.25) is 0 Å². The Morgan fingerprint density at radius 1 is 1.08 bits per heavy atom. The fourth-order valence-electron chi connectivity index (χ4n) is 4.20. The number of unbranched alkanes of at least 4 members (excludes halogenated alkanes) is 4. The molecule has 1 aliphatic rings. The maximum Gasteiger partial charge on any atom is 0.133 e. The van der Waals surface area contributed by atoms with Crippen molar-refractivity contribution < 1.29 is 4.74 Å². The first kappa shape index (κ1) is 17.4. The molecule has 0 amide bonds. The number of aryl methyl sites for hydroxylation is 2. The van der Waals surface area contributed by atoms with Crippen LogP contribution in [0.4, 0.5) is 0 Å². The van der Waals surface area contributed by atoms with Gasteiger partial charge in [0, 0.05) is 22.9 Å². The fourth-order valence-corrected chi connectivity index (χ4v) is 4.20. The van der Waals surface area contributed by atoms with E-state index in [1.165, 1.54) is 54.0 Å². The van der Waals surface area contributed by atoms with Crippen molar-refractivity contribution in [3.05, 3.63) is 36.2 Å². The molecule has 3 heteroatoms.